The number of amides is 1. The molecule has 1 N–H and O–H groups in total. The Morgan fingerprint density at radius 3 is 2.61 bits per heavy atom. The van der Waals surface area contributed by atoms with Gasteiger partial charge in [0.15, 0.2) is 5.65 Å². The first-order valence-electron chi connectivity index (χ1n) is 9.65. The van der Waals surface area contributed by atoms with Gasteiger partial charge in [-0.05, 0) is 36.6 Å². The van der Waals surface area contributed by atoms with Gasteiger partial charge in [0.1, 0.15) is 0 Å². The Morgan fingerprint density at radius 1 is 1.10 bits per heavy atom. The van der Waals surface area contributed by atoms with Crippen LogP contribution in [0.25, 0.3) is 16.9 Å². The minimum atomic E-state index is -4.45. The summed E-state index contributed by atoms with van der Waals surface area (Å²) in [5.41, 5.74) is 3.13. The number of anilines is 1. The standard InChI is InChI=1S/C23H19F3N4O/c1-15-2-8-18(12-19(15)23(24,25)26)29-22(31)9-5-16-3-6-17(7-4-16)20-13-28-21-14-27-10-11-30(20)21/h2-4,6-8,10-14H,5,9H2,1H3,(H,29,31). The van der Waals surface area contributed by atoms with Crippen molar-refractivity contribution in [2.45, 2.75) is 25.9 Å². The van der Waals surface area contributed by atoms with E-state index in [1.54, 1.807) is 18.6 Å². The zero-order valence-electron chi connectivity index (χ0n) is 16.6. The molecule has 4 rings (SSSR count). The highest BCUT2D eigenvalue weighted by Gasteiger charge is 2.32. The first-order valence-corrected chi connectivity index (χ1v) is 9.65. The minimum Gasteiger partial charge on any atom is -0.326 e. The van der Waals surface area contributed by atoms with E-state index in [-0.39, 0.29) is 23.6 Å². The highest BCUT2D eigenvalue weighted by atomic mass is 19.4. The van der Waals surface area contributed by atoms with E-state index >= 15 is 0 Å². The topological polar surface area (TPSA) is 59.3 Å². The van der Waals surface area contributed by atoms with Crippen LogP contribution < -0.4 is 5.32 Å². The van der Waals surface area contributed by atoms with Crippen molar-refractivity contribution in [2.75, 3.05) is 5.32 Å². The molecule has 0 atom stereocenters. The number of aromatic nitrogens is 3. The number of hydrogen-bond acceptors (Lipinski definition) is 3. The number of rotatable bonds is 5. The SMILES string of the molecule is Cc1ccc(NC(=O)CCc2ccc(-c3cnc4cnccn34)cc2)cc1C(F)(F)F. The molecule has 0 radical (unpaired) electrons. The van der Waals surface area contributed by atoms with Gasteiger partial charge in [-0.2, -0.15) is 13.2 Å². The molecular formula is C23H19F3N4O. The lowest BCUT2D eigenvalue weighted by Gasteiger charge is -2.13. The Bertz CT molecular complexity index is 1230. The van der Waals surface area contributed by atoms with Crippen molar-refractivity contribution < 1.29 is 18.0 Å². The molecule has 0 spiro atoms. The van der Waals surface area contributed by atoms with Gasteiger partial charge in [-0.1, -0.05) is 30.3 Å². The lowest BCUT2D eigenvalue weighted by atomic mass is 10.1. The Kier molecular flexibility index (Phi) is 5.46. The maximum Gasteiger partial charge on any atom is 0.416 e. The van der Waals surface area contributed by atoms with Crippen LogP contribution in [0.15, 0.2) is 67.3 Å². The van der Waals surface area contributed by atoms with Crippen LogP contribution in [0.3, 0.4) is 0 Å². The van der Waals surface area contributed by atoms with Crippen LogP contribution in [0, 0.1) is 6.92 Å². The van der Waals surface area contributed by atoms with Crippen LogP contribution in [0.5, 0.6) is 0 Å². The smallest absolute Gasteiger partial charge is 0.326 e. The lowest BCUT2D eigenvalue weighted by Crippen LogP contribution is -2.14. The molecule has 31 heavy (non-hydrogen) atoms. The van der Waals surface area contributed by atoms with E-state index in [0.717, 1.165) is 28.5 Å². The predicted octanol–water partition coefficient (Wildman–Crippen LogP) is 5.29. The molecule has 0 saturated heterocycles. The zero-order chi connectivity index (χ0) is 22.0. The summed E-state index contributed by atoms with van der Waals surface area (Å²) >= 11 is 0. The Labute approximate surface area is 176 Å². The number of imidazole rings is 1. The number of carbonyl (C=O) groups is 1. The molecule has 0 unspecified atom stereocenters. The average Bonchev–Trinajstić information content (AvgIpc) is 3.17. The minimum absolute atomic E-state index is 0.118. The van der Waals surface area contributed by atoms with Crippen LogP contribution in [0.1, 0.15) is 23.1 Å². The van der Waals surface area contributed by atoms with E-state index in [1.165, 1.54) is 19.1 Å². The number of halogens is 3. The van der Waals surface area contributed by atoms with Gasteiger partial charge in [0.2, 0.25) is 5.91 Å². The highest BCUT2D eigenvalue weighted by molar-refractivity contribution is 5.91. The Morgan fingerprint density at radius 2 is 1.87 bits per heavy atom. The number of fused-ring (bicyclic) bond motifs is 1. The molecule has 0 aliphatic heterocycles. The fourth-order valence-electron chi connectivity index (χ4n) is 3.38. The largest absolute Gasteiger partial charge is 0.416 e. The predicted molar refractivity (Wildman–Crippen MR) is 112 cm³/mol. The molecular weight excluding hydrogens is 405 g/mol. The summed E-state index contributed by atoms with van der Waals surface area (Å²) in [5, 5.41) is 2.55. The third kappa shape index (κ3) is 4.58. The zero-order valence-corrected chi connectivity index (χ0v) is 16.6. The molecule has 0 fully saturated rings. The second-order valence-electron chi connectivity index (χ2n) is 7.22. The third-order valence-electron chi connectivity index (χ3n) is 5.03. The molecule has 5 nitrogen and oxygen atoms in total. The molecule has 2 aromatic heterocycles. The molecule has 2 aromatic carbocycles. The van der Waals surface area contributed by atoms with Crippen LogP contribution in [0.4, 0.5) is 18.9 Å². The van der Waals surface area contributed by atoms with Gasteiger partial charge in [0.05, 0.1) is 23.7 Å². The summed E-state index contributed by atoms with van der Waals surface area (Å²) in [5.74, 6) is -0.338. The fraction of sp³-hybridized carbons (Fsp3) is 0.174. The van der Waals surface area contributed by atoms with Crippen molar-refractivity contribution in [3.63, 3.8) is 0 Å². The average molecular weight is 424 g/mol. The second kappa shape index (κ2) is 8.22. The number of nitrogens with zero attached hydrogens (tertiary/aromatic N) is 3. The van der Waals surface area contributed by atoms with Gasteiger partial charge in [-0.25, -0.2) is 4.98 Å². The van der Waals surface area contributed by atoms with Gasteiger partial charge in [0, 0.05) is 30.1 Å². The fourth-order valence-corrected chi connectivity index (χ4v) is 3.38. The van der Waals surface area contributed by atoms with Crippen molar-refractivity contribution in [2.24, 2.45) is 0 Å². The normalized spacial score (nSPS) is 11.6. The summed E-state index contributed by atoms with van der Waals surface area (Å²) in [7, 11) is 0. The van der Waals surface area contributed by atoms with Crippen LogP contribution in [-0.4, -0.2) is 20.3 Å². The molecule has 158 valence electrons. The van der Waals surface area contributed by atoms with Crippen LogP contribution >= 0.6 is 0 Å². The lowest BCUT2D eigenvalue weighted by molar-refractivity contribution is -0.138. The van der Waals surface area contributed by atoms with Crippen LogP contribution in [0.2, 0.25) is 0 Å². The summed E-state index contributed by atoms with van der Waals surface area (Å²) in [6.45, 7) is 1.39. The van der Waals surface area contributed by atoms with Crippen LogP contribution in [-0.2, 0) is 17.4 Å². The number of hydrogen-bond donors (Lipinski definition) is 1. The monoisotopic (exact) mass is 424 g/mol. The summed E-state index contributed by atoms with van der Waals surface area (Å²) in [4.78, 5) is 20.6. The van der Waals surface area contributed by atoms with Gasteiger partial charge < -0.3 is 5.32 Å². The number of nitrogens with one attached hydrogen (secondary N) is 1. The van der Waals surface area contributed by atoms with Gasteiger partial charge >= 0.3 is 6.18 Å². The molecule has 4 aromatic rings. The van der Waals surface area contributed by atoms with E-state index in [9.17, 15) is 18.0 Å². The Hall–Kier alpha value is -3.68. The first-order chi connectivity index (χ1) is 14.8. The summed E-state index contributed by atoms with van der Waals surface area (Å²) in [6.07, 6.45) is 3.17. The molecule has 8 heteroatoms. The van der Waals surface area contributed by atoms with Gasteiger partial charge in [-0.15, -0.1) is 0 Å². The van der Waals surface area contributed by atoms with E-state index < -0.39 is 11.7 Å². The van der Waals surface area contributed by atoms with E-state index in [4.69, 9.17) is 0 Å². The molecule has 0 saturated carbocycles. The molecule has 2 heterocycles. The number of alkyl halides is 3. The van der Waals surface area contributed by atoms with Gasteiger partial charge in [-0.3, -0.25) is 14.2 Å². The maximum absolute atomic E-state index is 13.0. The molecule has 0 bridgehead atoms. The maximum atomic E-state index is 13.0. The van der Waals surface area contributed by atoms with Crippen molar-refractivity contribution >= 4 is 17.2 Å². The summed E-state index contributed by atoms with van der Waals surface area (Å²) < 4.78 is 41.0. The van der Waals surface area contributed by atoms with Crippen molar-refractivity contribution in [3.05, 3.63) is 83.9 Å². The number of aryl methyl sites for hydroxylation is 2. The quantitative estimate of drug-likeness (QED) is 0.473. The molecule has 0 aliphatic rings. The van der Waals surface area contributed by atoms with E-state index in [1.807, 2.05) is 34.9 Å². The first kappa shape index (κ1) is 20.6. The third-order valence-corrected chi connectivity index (χ3v) is 5.03. The van der Waals surface area contributed by atoms with Crippen molar-refractivity contribution in [1.29, 1.82) is 0 Å². The molecule has 0 aliphatic carbocycles. The number of benzene rings is 2. The second-order valence-corrected chi connectivity index (χ2v) is 7.22. The Balaban J connectivity index is 1.39. The van der Waals surface area contributed by atoms with E-state index in [0.29, 0.717) is 6.42 Å². The number of carbonyl (C=O) groups excluding carboxylic acids is 1. The summed E-state index contributed by atoms with van der Waals surface area (Å²) in [6, 6.07) is 11.6. The van der Waals surface area contributed by atoms with E-state index in [2.05, 4.69) is 15.3 Å². The van der Waals surface area contributed by atoms with Gasteiger partial charge in [0.25, 0.3) is 0 Å². The molecule has 1 amide bonds. The highest BCUT2D eigenvalue weighted by Crippen LogP contribution is 2.33. The van der Waals surface area contributed by atoms with Crippen molar-refractivity contribution in [1.82, 2.24) is 14.4 Å². The van der Waals surface area contributed by atoms with Crippen molar-refractivity contribution in [3.8, 4) is 11.3 Å².